The van der Waals surface area contributed by atoms with Gasteiger partial charge in [-0.15, -0.1) is 0 Å². The second kappa shape index (κ2) is 7.87. The molecule has 13 heteroatoms. The number of anilines is 1. The van der Waals surface area contributed by atoms with E-state index in [9.17, 15) is 29.4 Å². The molecule has 3 heterocycles. The maximum absolute atomic E-state index is 12.5. The van der Waals surface area contributed by atoms with Gasteiger partial charge in [-0.05, 0) is 0 Å². The minimum atomic E-state index is -1.20. The summed E-state index contributed by atoms with van der Waals surface area (Å²) in [6, 6.07) is 0. The molecular formula is C16H19N5O8. The van der Waals surface area contributed by atoms with E-state index in [2.05, 4.69) is 15.0 Å². The Labute approximate surface area is 162 Å². The Morgan fingerprint density at radius 2 is 1.93 bits per heavy atom. The number of carbonyl (C=O) groups is 3. The van der Waals surface area contributed by atoms with Gasteiger partial charge in [0.1, 0.15) is 18.4 Å². The Morgan fingerprint density at radius 3 is 2.55 bits per heavy atom. The maximum Gasteiger partial charge on any atom is 0.329 e. The largest absolute Gasteiger partial charge is 0.481 e. The van der Waals surface area contributed by atoms with Crippen LogP contribution in [0, 0.1) is 11.8 Å². The lowest BCUT2D eigenvalue weighted by Gasteiger charge is -2.21. The quantitative estimate of drug-likeness (QED) is 0.423. The summed E-state index contributed by atoms with van der Waals surface area (Å²) < 4.78 is 11.9. The minimum absolute atomic E-state index is 0.0881. The van der Waals surface area contributed by atoms with Crippen LogP contribution in [0.3, 0.4) is 0 Å². The number of nitrogen functional groups attached to an aromatic ring is 1. The van der Waals surface area contributed by atoms with Crippen LogP contribution in [-0.4, -0.2) is 60.4 Å². The molecule has 0 saturated carbocycles. The van der Waals surface area contributed by atoms with Crippen LogP contribution in [0.1, 0.15) is 26.0 Å². The van der Waals surface area contributed by atoms with E-state index in [1.54, 1.807) is 0 Å². The summed E-state index contributed by atoms with van der Waals surface area (Å²) in [6.45, 7) is 0.894. The van der Waals surface area contributed by atoms with Crippen molar-refractivity contribution in [3.05, 3.63) is 16.7 Å². The Kier molecular flexibility index (Phi) is 5.50. The fourth-order valence-corrected chi connectivity index (χ4v) is 3.59. The van der Waals surface area contributed by atoms with Crippen LogP contribution in [0.2, 0.25) is 0 Å². The van der Waals surface area contributed by atoms with Gasteiger partial charge in [0.05, 0.1) is 25.1 Å². The standard InChI is InChI=1S/C16H19N5O8/c1-6(22)28-5-10-7(2-11(23)24)8(3-12(25)26)14(29-10)21-13-9(19-16(21)27)4-18-15(17)20-13/h4,7-8,10,14H,2-3,5H2,1H3,(H,19,27)(H,23,24)(H,25,26)(H2,17,18,20)/t7-,8+,10-,14+/m0/s1. The number of rotatable bonds is 7. The van der Waals surface area contributed by atoms with Crippen molar-refractivity contribution in [1.29, 1.82) is 0 Å². The molecule has 5 N–H and O–H groups in total. The topological polar surface area (TPSA) is 200 Å². The Morgan fingerprint density at radius 1 is 1.28 bits per heavy atom. The molecule has 3 rings (SSSR count). The molecule has 0 aromatic carbocycles. The van der Waals surface area contributed by atoms with Gasteiger partial charge in [-0.2, -0.15) is 4.98 Å². The zero-order chi connectivity index (χ0) is 21.3. The second-order valence-corrected chi connectivity index (χ2v) is 6.66. The Hall–Kier alpha value is -3.48. The van der Waals surface area contributed by atoms with E-state index in [4.69, 9.17) is 15.2 Å². The first kappa shape index (κ1) is 20.3. The van der Waals surface area contributed by atoms with E-state index in [1.807, 2.05) is 0 Å². The molecule has 0 radical (unpaired) electrons. The molecular weight excluding hydrogens is 390 g/mol. The number of hydrogen-bond donors (Lipinski definition) is 4. The number of nitrogens with two attached hydrogens (primary N) is 1. The highest BCUT2D eigenvalue weighted by atomic mass is 16.6. The lowest BCUT2D eigenvalue weighted by Crippen LogP contribution is -2.31. The number of carboxylic acid groups (broad SMARTS) is 2. The molecule has 0 spiro atoms. The fourth-order valence-electron chi connectivity index (χ4n) is 3.59. The number of nitrogens with one attached hydrogen (secondary N) is 1. The number of imidazole rings is 1. The number of ether oxygens (including phenoxy) is 2. The molecule has 1 fully saturated rings. The van der Waals surface area contributed by atoms with Gasteiger partial charge < -0.3 is 30.4 Å². The summed E-state index contributed by atoms with van der Waals surface area (Å²) in [7, 11) is 0. The highest BCUT2D eigenvalue weighted by Crippen LogP contribution is 2.43. The van der Waals surface area contributed by atoms with Crippen molar-refractivity contribution in [1.82, 2.24) is 19.5 Å². The number of hydrogen-bond acceptors (Lipinski definition) is 9. The van der Waals surface area contributed by atoms with Crippen molar-refractivity contribution in [3.63, 3.8) is 0 Å². The molecule has 2 aromatic rings. The number of nitrogens with zero attached hydrogens (tertiary/aromatic N) is 3. The molecule has 156 valence electrons. The molecule has 1 aliphatic heterocycles. The average molecular weight is 409 g/mol. The number of aromatic amines is 1. The monoisotopic (exact) mass is 409 g/mol. The van der Waals surface area contributed by atoms with Crippen LogP contribution < -0.4 is 11.4 Å². The zero-order valence-electron chi connectivity index (χ0n) is 15.3. The van der Waals surface area contributed by atoms with E-state index in [0.717, 1.165) is 4.57 Å². The van der Waals surface area contributed by atoms with Crippen LogP contribution >= 0.6 is 0 Å². The van der Waals surface area contributed by atoms with Gasteiger partial charge in [-0.25, -0.2) is 14.3 Å². The molecule has 0 amide bonds. The third-order valence-corrected chi connectivity index (χ3v) is 4.71. The average Bonchev–Trinajstić information content (AvgIpc) is 3.09. The van der Waals surface area contributed by atoms with Gasteiger partial charge >= 0.3 is 23.6 Å². The highest BCUT2D eigenvalue weighted by molar-refractivity contribution is 5.71. The number of aliphatic carboxylic acids is 2. The molecule has 0 unspecified atom stereocenters. The first-order chi connectivity index (χ1) is 13.7. The third kappa shape index (κ3) is 4.18. The van der Waals surface area contributed by atoms with Gasteiger partial charge in [0.15, 0.2) is 5.65 Å². The summed E-state index contributed by atoms with van der Waals surface area (Å²) >= 11 is 0. The van der Waals surface area contributed by atoms with Gasteiger partial charge in [-0.3, -0.25) is 14.4 Å². The number of fused-ring (bicyclic) bond motifs is 1. The van der Waals surface area contributed by atoms with Crippen LogP contribution in [0.25, 0.3) is 11.2 Å². The van der Waals surface area contributed by atoms with E-state index in [1.165, 1.54) is 13.1 Å². The predicted molar refractivity (Wildman–Crippen MR) is 94.6 cm³/mol. The fraction of sp³-hybridized carbons (Fsp3) is 0.500. The first-order valence-corrected chi connectivity index (χ1v) is 8.62. The van der Waals surface area contributed by atoms with E-state index in [0.29, 0.717) is 0 Å². The molecule has 0 aliphatic carbocycles. The van der Waals surface area contributed by atoms with Crippen molar-refractivity contribution < 1.29 is 34.1 Å². The van der Waals surface area contributed by atoms with Crippen molar-refractivity contribution in [2.24, 2.45) is 11.8 Å². The summed E-state index contributed by atoms with van der Waals surface area (Å²) in [5.74, 6) is -4.84. The molecule has 2 aromatic heterocycles. The van der Waals surface area contributed by atoms with Crippen LogP contribution in [0.4, 0.5) is 5.95 Å². The number of H-pyrrole nitrogens is 1. The van der Waals surface area contributed by atoms with Crippen molar-refractivity contribution in [2.45, 2.75) is 32.1 Å². The minimum Gasteiger partial charge on any atom is -0.481 e. The Bertz CT molecular complexity index is 1010. The summed E-state index contributed by atoms with van der Waals surface area (Å²) in [4.78, 5) is 56.9. The van der Waals surface area contributed by atoms with Gasteiger partial charge in [0.25, 0.3) is 0 Å². The number of carboxylic acids is 2. The molecule has 4 atom stereocenters. The van der Waals surface area contributed by atoms with E-state index >= 15 is 0 Å². The molecule has 0 bridgehead atoms. The van der Waals surface area contributed by atoms with Gasteiger partial charge in [0, 0.05) is 18.8 Å². The zero-order valence-corrected chi connectivity index (χ0v) is 15.3. The van der Waals surface area contributed by atoms with E-state index < -0.39 is 60.6 Å². The lowest BCUT2D eigenvalue weighted by molar-refractivity contribution is -0.147. The second-order valence-electron chi connectivity index (χ2n) is 6.66. The molecule has 29 heavy (non-hydrogen) atoms. The van der Waals surface area contributed by atoms with Crippen LogP contribution in [0.15, 0.2) is 11.0 Å². The number of esters is 1. The van der Waals surface area contributed by atoms with Crippen LogP contribution in [0.5, 0.6) is 0 Å². The maximum atomic E-state index is 12.5. The molecule has 1 saturated heterocycles. The summed E-state index contributed by atoms with van der Waals surface area (Å²) in [6.07, 6.45) is -1.71. The van der Waals surface area contributed by atoms with Crippen LogP contribution in [-0.2, 0) is 23.9 Å². The van der Waals surface area contributed by atoms with Crippen molar-refractivity contribution >= 4 is 35.0 Å². The summed E-state index contributed by atoms with van der Waals surface area (Å²) in [5.41, 5.74) is 5.28. The number of carbonyl (C=O) groups excluding carboxylic acids is 1. The normalized spacial score (nSPS) is 23.9. The smallest absolute Gasteiger partial charge is 0.329 e. The van der Waals surface area contributed by atoms with Crippen molar-refractivity contribution in [3.8, 4) is 0 Å². The third-order valence-electron chi connectivity index (χ3n) is 4.71. The Balaban J connectivity index is 2.08. The predicted octanol–water partition coefficient (Wildman–Crippen LogP) is -0.656. The lowest BCUT2D eigenvalue weighted by atomic mass is 9.84. The van der Waals surface area contributed by atoms with Crippen molar-refractivity contribution in [2.75, 3.05) is 12.3 Å². The number of aromatic nitrogens is 4. The van der Waals surface area contributed by atoms with Gasteiger partial charge in [-0.1, -0.05) is 0 Å². The summed E-state index contributed by atoms with van der Waals surface area (Å²) in [5, 5.41) is 18.6. The first-order valence-electron chi connectivity index (χ1n) is 8.62. The highest BCUT2D eigenvalue weighted by Gasteiger charge is 2.48. The van der Waals surface area contributed by atoms with E-state index in [-0.39, 0.29) is 23.7 Å². The SMILES string of the molecule is CC(=O)OC[C@@H]1O[C@@H](n2c(=O)[nH]c3cnc(N)nc32)[C@H](CC(=O)O)[C@@H]1CC(=O)O. The van der Waals surface area contributed by atoms with Gasteiger partial charge in [0.2, 0.25) is 5.95 Å². The molecule has 1 aliphatic rings. The molecule has 13 nitrogen and oxygen atoms in total.